The van der Waals surface area contributed by atoms with Crippen LogP contribution in [0, 0.1) is 11.7 Å². The first-order valence-electron chi connectivity index (χ1n) is 6.16. The molecule has 1 saturated carbocycles. The molecule has 2 atom stereocenters. The Labute approximate surface area is 110 Å². The summed E-state index contributed by atoms with van der Waals surface area (Å²) >= 11 is 1.61. The summed E-state index contributed by atoms with van der Waals surface area (Å²) in [4.78, 5) is 4.57. The van der Waals surface area contributed by atoms with E-state index in [4.69, 9.17) is 0 Å². The van der Waals surface area contributed by atoms with Gasteiger partial charge in [-0.3, -0.25) is 0 Å². The van der Waals surface area contributed by atoms with Gasteiger partial charge in [-0.05, 0) is 36.6 Å². The van der Waals surface area contributed by atoms with E-state index < -0.39 is 0 Å². The number of hydrogen-bond acceptors (Lipinski definition) is 3. The van der Waals surface area contributed by atoms with E-state index in [2.05, 4.69) is 22.6 Å². The molecule has 0 radical (unpaired) electrons. The van der Waals surface area contributed by atoms with Crippen LogP contribution in [0.2, 0.25) is 0 Å². The molecule has 0 spiro atoms. The molecule has 94 valence electrons. The number of halogens is 1. The molecule has 2 nitrogen and oxygen atoms in total. The van der Waals surface area contributed by atoms with Crippen LogP contribution in [-0.4, -0.2) is 11.0 Å². The van der Waals surface area contributed by atoms with Gasteiger partial charge in [-0.2, -0.15) is 0 Å². The van der Waals surface area contributed by atoms with Crippen molar-refractivity contribution in [2.45, 2.75) is 25.9 Å². The summed E-state index contributed by atoms with van der Waals surface area (Å²) in [6.07, 6.45) is 1.27. The smallest absolute Gasteiger partial charge is 0.123 e. The summed E-state index contributed by atoms with van der Waals surface area (Å²) in [5.74, 6) is 0.597. The molecule has 3 rings (SSSR count). The second-order valence-corrected chi connectivity index (χ2v) is 5.71. The van der Waals surface area contributed by atoms with Crippen LogP contribution in [0.3, 0.4) is 0 Å². The molecule has 1 aromatic heterocycles. The molecule has 1 aliphatic carbocycles. The Kier molecular flexibility index (Phi) is 3.14. The minimum absolute atomic E-state index is 0.208. The lowest BCUT2D eigenvalue weighted by Gasteiger charge is -1.99. The molecule has 0 amide bonds. The van der Waals surface area contributed by atoms with Gasteiger partial charge in [0.2, 0.25) is 0 Å². The highest BCUT2D eigenvalue weighted by molar-refractivity contribution is 7.13. The van der Waals surface area contributed by atoms with Gasteiger partial charge in [0.05, 0.1) is 5.69 Å². The van der Waals surface area contributed by atoms with Crippen LogP contribution in [0.4, 0.5) is 4.39 Å². The van der Waals surface area contributed by atoms with Gasteiger partial charge in [0.1, 0.15) is 10.8 Å². The van der Waals surface area contributed by atoms with Crippen molar-refractivity contribution in [3.63, 3.8) is 0 Å². The van der Waals surface area contributed by atoms with E-state index in [0.29, 0.717) is 6.04 Å². The van der Waals surface area contributed by atoms with E-state index in [1.165, 1.54) is 18.6 Å². The highest BCUT2D eigenvalue weighted by Gasteiger charge is 2.31. The van der Waals surface area contributed by atoms with Crippen LogP contribution in [-0.2, 0) is 6.54 Å². The number of thiazole rings is 1. The van der Waals surface area contributed by atoms with E-state index in [-0.39, 0.29) is 5.82 Å². The number of rotatable bonds is 4. The van der Waals surface area contributed by atoms with E-state index >= 15 is 0 Å². The topological polar surface area (TPSA) is 24.9 Å². The minimum Gasteiger partial charge on any atom is -0.308 e. The summed E-state index contributed by atoms with van der Waals surface area (Å²) < 4.78 is 12.8. The Hall–Kier alpha value is -1.26. The van der Waals surface area contributed by atoms with Gasteiger partial charge in [-0.15, -0.1) is 11.3 Å². The van der Waals surface area contributed by atoms with Crippen molar-refractivity contribution < 1.29 is 4.39 Å². The predicted octanol–water partition coefficient (Wildman–Crippen LogP) is 3.45. The molecule has 2 unspecified atom stereocenters. The van der Waals surface area contributed by atoms with E-state index in [0.717, 1.165) is 28.7 Å². The van der Waals surface area contributed by atoms with Crippen LogP contribution in [0.5, 0.6) is 0 Å². The van der Waals surface area contributed by atoms with Gasteiger partial charge in [-0.25, -0.2) is 9.37 Å². The second kappa shape index (κ2) is 4.78. The van der Waals surface area contributed by atoms with Crippen molar-refractivity contribution in [3.8, 4) is 10.6 Å². The normalized spacial score (nSPS) is 22.1. The van der Waals surface area contributed by atoms with Crippen LogP contribution in [0.25, 0.3) is 10.6 Å². The molecule has 0 saturated heterocycles. The summed E-state index contributed by atoms with van der Waals surface area (Å²) in [5, 5.41) is 6.50. The highest BCUT2D eigenvalue weighted by Crippen LogP contribution is 2.29. The Morgan fingerprint density at radius 1 is 1.39 bits per heavy atom. The van der Waals surface area contributed by atoms with Crippen molar-refractivity contribution in [2.75, 3.05) is 0 Å². The van der Waals surface area contributed by atoms with Crippen molar-refractivity contribution in [2.24, 2.45) is 5.92 Å². The summed E-state index contributed by atoms with van der Waals surface area (Å²) in [5.41, 5.74) is 2.05. The predicted molar refractivity (Wildman–Crippen MR) is 71.9 cm³/mol. The molecule has 18 heavy (non-hydrogen) atoms. The Morgan fingerprint density at radius 3 is 2.78 bits per heavy atom. The van der Waals surface area contributed by atoms with Crippen LogP contribution in [0.15, 0.2) is 29.6 Å². The quantitative estimate of drug-likeness (QED) is 0.913. The third kappa shape index (κ3) is 2.60. The van der Waals surface area contributed by atoms with Gasteiger partial charge in [0.25, 0.3) is 0 Å². The van der Waals surface area contributed by atoms with Crippen LogP contribution in [0.1, 0.15) is 19.0 Å². The molecule has 4 heteroatoms. The Morgan fingerprint density at radius 2 is 2.11 bits per heavy atom. The third-order valence-electron chi connectivity index (χ3n) is 3.30. The minimum atomic E-state index is -0.208. The molecule has 1 heterocycles. The fraction of sp³-hybridized carbons (Fsp3) is 0.357. The van der Waals surface area contributed by atoms with Crippen molar-refractivity contribution in [1.82, 2.24) is 10.3 Å². The molecule has 1 aliphatic rings. The monoisotopic (exact) mass is 262 g/mol. The lowest BCUT2D eigenvalue weighted by atomic mass is 10.2. The Balaban J connectivity index is 1.67. The first-order chi connectivity index (χ1) is 8.72. The maximum Gasteiger partial charge on any atom is 0.123 e. The number of aromatic nitrogens is 1. The van der Waals surface area contributed by atoms with Gasteiger partial charge in [0, 0.05) is 23.5 Å². The molecule has 0 bridgehead atoms. The number of nitrogens with zero attached hydrogens (tertiary/aromatic N) is 1. The first kappa shape index (κ1) is 11.8. The molecule has 2 aromatic rings. The van der Waals surface area contributed by atoms with Crippen molar-refractivity contribution in [3.05, 3.63) is 41.2 Å². The molecule has 0 aliphatic heterocycles. The molecule has 1 N–H and O–H groups in total. The maximum atomic E-state index is 12.8. The zero-order valence-electron chi connectivity index (χ0n) is 10.2. The van der Waals surface area contributed by atoms with Crippen molar-refractivity contribution >= 4 is 11.3 Å². The highest BCUT2D eigenvalue weighted by atomic mass is 32.1. The van der Waals surface area contributed by atoms with Gasteiger partial charge >= 0.3 is 0 Å². The average molecular weight is 262 g/mol. The van der Waals surface area contributed by atoms with E-state index in [1.807, 2.05) is 0 Å². The molecular formula is C14H15FN2S. The molecule has 1 fully saturated rings. The summed E-state index contributed by atoms with van der Waals surface area (Å²) in [6.45, 7) is 3.08. The van der Waals surface area contributed by atoms with Crippen molar-refractivity contribution in [1.29, 1.82) is 0 Å². The zero-order chi connectivity index (χ0) is 12.5. The third-order valence-corrected chi connectivity index (χ3v) is 4.24. The van der Waals surface area contributed by atoms with Gasteiger partial charge in [-0.1, -0.05) is 6.92 Å². The Bertz CT molecular complexity index is 535. The van der Waals surface area contributed by atoms with E-state index in [1.54, 1.807) is 23.5 Å². The van der Waals surface area contributed by atoms with Gasteiger partial charge < -0.3 is 5.32 Å². The fourth-order valence-electron chi connectivity index (χ4n) is 1.96. The molecule has 1 aromatic carbocycles. The van der Waals surface area contributed by atoms with Crippen LogP contribution >= 0.6 is 11.3 Å². The fourth-order valence-corrected chi connectivity index (χ4v) is 2.78. The SMILES string of the molecule is CC1CC1NCc1csc(-c2ccc(F)cc2)n1. The van der Waals surface area contributed by atoms with Gasteiger partial charge in [0.15, 0.2) is 0 Å². The maximum absolute atomic E-state index is 12.8. The summed E-state index contributed by atoms with van der Waals surface area (Å²) in [6, 6.07) is 7.16. The lowest BCUT2D eigenvalue weighted by Crippen LogP contribution is -2.17. The number of benzene rings is 1. The first-order valence-corrected chi connectivity index (χ1v) is 7.04. The van der Waals surface area contributed by atoms with E-state index in [9.17, 15) is 4.39 Å². The standard InChI is InChI=1S/C14H15FN2S/c1-9-6-13(9)16-7-12-8-18-14(17-12)10-2-4-11(15)5-3-10/h2-5,8-9,13,16H,6-7H2,1H3. The zero-order valence-corrected chi connectivity index (χ0v) is 11.0. The largest absolute Gasteiger partial charge is 0.308 e. The lowest BCUT2D eigenvalue weighted by molar-refractivity contribution is 0.628. The molecular weight excluding hydrogens is 247 g/mol. The second-order valence-electron chi connectivity index (χ2n) is 4.85. The number of nitrogens with one attached hydrogen (secondary N) is 1. The number of hydrogen-bond donors (Lipinski definition) is 1. The average Bonchev–Trinajstić information content (AvgIpc) is 2.89. The summed E-state index contributed by atoms with van der Waals surface area (Å²) in [7, 11) is 0. The van der Waals surface area contributed by atoms with Crippen LogP contribution < -0.4 is 5.32 Å².